The number of rotatable bonds is 5. The third-order valence-corrected chi connectivity index (χ3v) is 19.8. The van der Waals surface area contributed by atoms with Crippen molar-refractivity contribution in [2.75, 3.05) is 25.1 Å². The molecule has 0 radical (unpaired) electrons. The van der Waals surface area contributed by atoms with Crippen LogP contribution in [-0.2, 0) is 24.5 Å². The second-order valence-corrected chi connectivity index (χ2v) is 20.7. The molecule has 54 heavy (non-hydrogen) atoms. The van der Waals surface area contributed by atoms with Gasteiger partial charge in [0.1, 0.15) is 18.8 Å². The maximum absolute atomic E-state index is 14.5. The van der Waals surface area contributed by atoms with E-state index in [0.29, 0.717) is 22.9 Å². The second-order valence-electron chi connectivity index (χ2n) is 20.7. The molecule has 1 spiro atoms. The SMILES string of the molecule is CC[C@@H]1[C@H]2C[C@H]3[C@@H]4N(C)c5ccccc5[C@@]45C[C@@H]([C@@H]2[C@H]5O)[N@@+]3(CC(=O)O[C@H]2CC[C@@]3(C)[C@@H](CC[C@H]4[C@H]3CC[C@]3(C)[C@H](C5=CC(=O)OC5)CC[C@]43O)C2)[C@@H]1O. The summed E-state index contributed by atoms with van der Waals surface area (Å²) in [5.41, 5.74) is 2.28. The smallest absolute Gasteiger partial charge is 0.362 e. The summed E-state index contributed by atoms with van der Waals surface area (Å²) < 4.78 is 12.3. The average molecular weight is 742 g/mol. The van der Waals surface area contributed by atoms with Crippen LogP contribution in [0.15, 0.2) is 35.9 Å². The monoisotopic (exact) mass is 741 g/mol. The highest BCUT2D eigenvalue weighted by Gasteiger charge is 2.83. The molecule has 4 saturated heterocycles. The Labute approximate surface area is 320 Å². The summed E-state index contributed by atoms with van der Waals surface area (Å²) in [5, 5.41) is 37.5. The van der Waals surface area contributed by atoms with Gasteiger partial charge in [0.2, 0.25) is 0 Å². The Hall–Kier alpha value is -2.46. The van der Waals surface area contributed by atoms with E-state index in [2.05, 4.69) is 57.0 Å². The number of aliphatic hydroxyl groups excluding tert-OH is 2. The minimum atomic E-state index is -0.739. The summed E-state index contributed by atoms with van der Waals surface area (Å²) >= 11 is 0. The number of quaternary nitrogens is 1. The molecule has 5 bridgehead atoms. The third-order valence-electron chi connectivity index (χ3n) is 19.8. The Bertz CT molecular complexity index is 1830. The van der Waals surface area contributed by atoms with Crippen molar-refractivity contribution >= 4 is 17.6 Å². The predicted molar refractivity (Wildman–Crippen MR) is 201 cm³/mol. The molecule has 0 unspecified atom stereocenters. The van der Waals surface area contributed by atoms with Crippen LogP contribution >= 0.6 is 0 Å². The van der Waals surface area contributed by atoms with Crippen LogP contribution in [0.25, 0.3) is 0 Å². The van der Waals surface area contributed by atoms with Crippen LogP contribution < -0.4 is 4.90 Å². The number of hydrogen-bond acceptors (Lipinski definition) is 8. The van der Waals surface area contributed by atoms with Gasteiger partial charge >= 0.3 is 11.9 Å². The predicted octanol–water partition coefficient (Wildman–Crippen LogP) is 5.24. The fourth-order valence-corrected chi connectivity index (χ4v) is 17.6. The van der Waals surface area contributed by atoms with E-state index in [9.17, 15) is 24.9 Å². The Morgan fingerprint density at radius 2 is 1.83 bits per heavy atom. The number of carbonyl (C=O) groups is 2. The largest absolute Gasteiger partial charge is 0.458 e. The van der Waals surface area contributed by atoms with Gasteiger partial charge in [-0.3, -0.25) is 4.48 Å². The van der Waals surface area contributed by atoms with E-state index in [1.807, 2.05) is 0 Å². The molecular weight excluding hydrogens is 681 g/mol. The van der Waals surface area contributed by atoms with Gasteiger partial charge in [-0.25, -0.2) is 9.59 Å². The number of nitrogens with zero attached hydrogens (tertiary/aromatic N) is 2. The molecule has 9 fully saturated rings. The number of cyclic esters (lactones) is 1. The van der Waals surface area contributed by atoms with Crippen LogP contribution in [0.3, 0.4) is 0 Å². The van der Waals surface area contributed by atoms with Crippen LogP contribution in [0.4, 0.5) is 5.69 Å². The number of likely N-dealkylation sites (N-methyl/N-ethyl adjacent to an activating group) is 1. The maximum Gasteiger partial charge on any atom is 0.362 e. The number of ether oxygens (including phenoxy) is 2. The number of esters is 2. The zero-order chi connectivity index (χ0) is 37.3. The van der Waals surface area contributed by atoms with E-state index < -0.39 is 17.9 Å². The van der Waals surface area contributed by atoms with Crippen molar-refractivity contribution in [3.63, 3.8) is 0 Å². The molecule has 5 aliphatic carbocycles. The number of benzene rings is 1. The standard InChI is InChI=1S/C45H61N2O7/c1-5-27-28-20-34-39-44(32-8-6-7-9-33(32)46(39)4)21-35(38(28)40(44)50)47(34,41(27)51)22-37(49)54-26-12-15-42(2)25(19-26)10-11-31-30(42)13-16-43(3)29(14-17-45(31,43)52)24-18-36(48)53-23-24/h6-9,18,25-31,34-35,38-41,50-52H,5,10-17,19-23H2,1-4H3/q+1/t25-,26-,27+,28+,29-,30+,31-,34-,35-,38+,39-,40+,41+,42-,43+,44-,45-,47-/m0/s1. The number of hydrogen-bond donors (Lipinski definition) is 3. The Kier molecular flexibility index (Phi) is 7.17. The molecule has 1 aromatic rings. The van der Waals surface area contributed by atoms with E-state index in [0.717, 1.165) is 82.6 Å². The van der Waals surface area contributed by atoms with Crippen LogP contribution in [0, 0.1) is 52.3 Å². The third kappa shape index (κ3) is 3.88. The minimum Gasteiger partial charge on any atom is -0.458 e. The minimum absolute atomic E-state index is 0.0370. The molecule has 3 N–H and O–H groups in total. The normalized spacial score (nSPS) is 54.4. The van der Waals surface area contributed by atoms with Gasteiger partial charge in [0, 0.05) is 48.9 Å². The fraction of sp³-hybridized carbons (Fsp3) is 0.778. The van der Waals surface area contributed by atoms with E-state index in [1.54, 1.807) is 6.08 Å². The summed E-state index contributed by atoms with van der Waals surface area (Å²) in [6.45, 7) is 7.48. The van der Waals surface area contributed by atoms with E-state index in [4.69, 9.17) is 9.47 Å². The molecule has 292 valence electrons. The van der Waals surface area contributed by atoms with E-state index >= 15 is 0 Å². The highest BCUT2D eigenvalue weighted by molar-refractivity contribution is 5.85. The van der Waals surface area contributed by atoms with Gasteiger partial charge in [-0.2, -0.15) is 0 Å². The van der Waals surface area contributed by atoms with Crippen LogP contribution in [-0.4, -0.2) is 94.1 Å². The maximum atomic E-state index is 14.5. The first-order chi connectivity index (χ1) is 25.8. The van der Waals surface area contributed by atoms with Crippen LogP contribution in [0.2, 0.25) is 0 Å². The quantitative estimate of drug-likeness (QED) is 0.278. The van der Waals surface area contributed by atoms with Gasteiger partial charge in [0.05, 0.1) is 29.2 Å². The highest BCUT2D eigenvalue weighted by atomic mass is 16.5. The molecular formula is C45H61N2O7+. The summed E-state index contributed by atoms with van der Waals surface area (Å²) in [7, 11) is 2.17. The van der Waals surface area contributed by atoms with Gasteiger partial charge in [-0.05, 0) is 116 Å². The van der Waals surface area contributed by atoms with Crippen molar-refractivity contribution < 1.29 is 38.9 Å². The molecule has 12 rings (SSSR count). The Morgan fingerprint density at radius 1 is 1.02 bits per heavy atom. The molecule has 6 heterocycles. The number of fused-ring (bicyclic) bond motifs is 7. The average Bonchev–Trinajstić information content (AvgIpc) is 3.83. The van der Waals surface area contributed by atoms with Crippen molar-refractivity contribution in [1.29, 1.82) is 0 Å². The zero-order valence-electron chi connectivity index (χ0n) is 32.7. The van der Waals surface area contributed by atoms with Gasteiger partial charge in [0.15, 0.2) is 12.8 Å². The Balaban J connectivity index is 0.829. The first kappa shape index (κ1) is 34.8. The van der Waals surface area contributed by atoms with Crippen molar-refractivity contribution in [3.05, 3.63) is 41.5 Å². The first-order valence-electron chi connectivity index (χ1n) is 21.7. The molecule has 6 aliphatic heterocycles. The lowest BCUT2D eigenvalue weighted by molar-refractivity contribution is -1.03. The zero-order valence-corrected chi connectivity index (χ0v) is 32.7. The molecule has 5 saturated carbocycles. The summed E-state index contributed by atoms with van der Waals surface area (Å²) in [5.74, 6) is 1.32. The molecule has 9 nitrogen and oxygen atoms in total. The van der Waals surface area contributed by atoms with Gasteiger partial charge < -0.3 is 29.7 Å². The number of para-hydroxylation sites is 1. The first-order valence-corrected chi connectivity index (χ1v) is 21.7. The van der Waals surface area contributed by atoms with Gasteiger partial charge in [-0.1, -0.05) is 39.0 Å². The summed E-state index contributed by atoms with van der Waals surface area (Å²) in [6.07, 6.45) is 11.5. The highest BCUT2D eigenvalue weighted by Crippen LogP contribution is 2.73. The fourth-order valence-electron chi connectivity index (χ4n) is 17.6. The van der Waals surface area contributed by atoms with Crippen LogP contribution in [0.1, 0.15) is 103 Å². The summed E-state index contributed by atoms with van der Waals surface area (Å²) in [6, 6.07) is 8.74. The molecule has 1 aromatic carbocycles. The summed E-state index contributed by atoms with van der Waals surface area (Å²) in [4.78, 5) is 28.8. The van der Waals surface area contributed by atoms with E-state index in [1.165, 1.54) is 11.3 Å². The lowest BCUT2D eigenvalue weighted by atomic mass is 9.43. The van der Waals surface area contributed by atoms with Gasteiger partial charge in [-0.15, -0.1) is 0 Å². The lowest BCUT2D eigenvalue weighted by Gasteiger charge is -2.67. The lowest BCUT2D eigenvalue weighted by Crippen LogP contribution is -2.83. The number of piperidine rings is 4. The van der Waals surface area contributed by atoms with Crippen molar-refractivity contribution in [1.82, 2.24) is 0 Å². The Morgan fingerprint density at radius 3 is 2.61 bits per heavy atom. The second kappa shape index (κ2) is 11.1. The van der Waals surface area contributed by atoms with Gasteiger partial charge in [0.25, 0.3) is 0 Å². The number of aliphatic hydroxyl groups is 3. The molecule has 11 aliphatic rings. The molecule has 0 amide bonds. The molecule has 0 aromatic heterocycles. The van der Waals surface area contributed by atoms with Crippen LogP contribution in [0.5, 0.6) is 0 Å². The van der Waals surface area contributed by atoms with Crippen molar-refractivity contribution in [2.45, 2.75) is 145 Å². The van der Waals surface area contributed by atoms with Crippen molar-refractivity contribution in [2.24, 2.45) is 52.3 Å². The van der Waals surface area contributed by atoms with E-state index in [-0.39, 0.29) is 88.5 Å². The molecule has 9 heteroatoms. The van der Waals surface area contributed by atoms with Crippen molar-refractivity contribution in [3.8, 4) is 0 Å². The number of anilines is 1. The molecule has 18 atom stereocenters. The number of carbonyl (C=O) groups excluding carboxylic acids is 2. The topological polar surface area (TPSA) is 117 Å².